The van der Waals surface area contributed by atoms with Gasteiger partial charge in [-0.25, -0.2) is 0 Å². The predicted octanol–water partition coefficient (Wildman–Crippen LogP) is 4.02. The van der Waals surface area contributed by atoms with Gasteiger partial charge >= 0.3 is 0 Å². The molecule has 0 saturated carbocycles. The summed E-state index contributed by atoms with van der Waals surface area (Å²) in [7, 11) is 1.99. The van der Waals surface area contributed by atoms with Crippen molar-refractivity contribution in [3.63, 3.8) is 0 Å². The summed E-state index contributed by atoms with van der Waals surface area (Å²) in [6.45, 7) is 2.29. The molecule has 0 bridgehead atoms. The van der Waals surface area contributed by atoms with Gasteiger partial charge in [0.15, 0.2) is 0 Å². The molecule has 1 aliphatic heterocycles. The van der Waals surface area contributed by atoms with E-state index in [2.05, 4.69) is 35.8 Å². The number of hydrogen-bond acceptors (Lipinski definition) is 4. The molecule has 0 saturated heterocycles. The summed E-state index contributed by atoms with van der Waals surface area (Å²) in [5, 5.41) is 5.35. The van der Waals surface area contributed by atoms with Crippen LogP contribution in [0.4, 0.5) is 5.69 Å². The fourth-order valence-corrected chi connectivity index (χ4v) is 3.90. The van der Waals surface area contributed by atoms with E-state index in [0.29, 0.717) is 17.4 Å². The maximum absolute atomic E-state index is 11.1. The molecule has 2 N–H and O–H groups in total. The number of imide groups is 1. The highest BCUT2D eigenvalue weighted by molar-refractivity contribution is 6.21. The lowest BCUT2D eigenvalue weighted by Gasteiger charge is -2.24. The smallest absolute Gasteiger partial charge is 0.258 e. The minimum Gasteiger partial charge on any atom is -0.388 e. The highest BCUT2D eigenvalue weighted by atomic mass is 16.2. The van der Waals surface area contributed by atoms with Gasteiger partial charge in [-0.05, 0) is 60.6 Å². The zero-order chi connectivity index (χ0) is 20.1. The summed E-state index contributed by atoms with van der Waals surface area (Å²) >= 11 is 0. The van der Waals surface area contributed by atoms with E-state index in [9.17, 15) is 14.4 Å². The van der Waals surface area contributed by atoms with Crippen LogP contribution in [0.25, 0.3) is 0 Å². The van der Waals surface area contributed by atoms with E-state index < -0.39 is 11.8 Å². The molecule has 28 heavy (non-hydrogen) atoms. The Morgan fingerprint density at radius 3 is 2.57 bits per heavy atom. The zero-order valence-electron chi connectivity index (χ0n) is 16.4. The maximum Gasteiger partial charge on any atom is 0.258 e. The largest absolute Gasteiger partial charge is 0.388 e. The SMILES string of the molecule is CCCC1CCc2cc(NC)ccc2C1.O=Cc1ccc2c(c1)C(=O)NC2=O. The topological polar surface area (TPSA) is 75.3 Å². The molecule has 0 radical (unpaired) electrons. The average molecular weight is 378 g/mol. The van der Waals surface area contributed by atoms with Gasteiger partial charge < -0.3 is 5.32 Å². The van der Waals surface area contributed by atoms with E-state index in [1.807, 2.05) is 7.05 Å². The molecule has 2 aromatic rings. The first-order chi connectivity index (χ1) is 13.5. The van der Waals surface area contributed by atoms with Crippen LogP contribution in [0.2, 0.25) is 0 Å². The fourth-order valence-electron chi connectivity index (χ4n) is 3.90. The lowest BCUT2D eigenvalue weighted by Crippen LogP contribution is -2.19. The number of aldehydes is 1. The third-order valence-electron chi connectivity index (χ3n) is 5.42. The van der Waals surface area contributed by atoms with Gasteiger partial charge in [-0.3, -0.25) is 19.7 Å². The van der Waals surface area contributed by atoms with Gasteiger partial charge in [0.25, 0.3) is 11.8 Å². The summed E-state index contributed by atoms with van der Waals surface area (Å²) in [5.74, 6) is 0.0871. The van der Waals surface area contributed by atoms with Crippen molar-refractivity contribution in [1.29, 1.82) is 0 Å². The standard InChI is InChI=1S/C14H21N.C9H5NO3/c1-3-4-11-5-6-13-10-14(15-2)8-7-12(13)9-11;11-4-5-1-2-6-7(3-5)9(13)10-8(6)12/h7-8,10-11,15H,3-6,9H2,1-2H3;1-4H,(H,10,12,13). The number of rotatable bonds is 4. The van der Waals surface area contributed by atoms with Crippen LogP contribution in [0.1, 0.15) is 68.4 Å². The molecule has 0 spiro atoms. The van der Waals surface area contributed by atoms with Crippen molar-refractivity contribution in [2.24, 2.45) is 5.92 Å². The number of fused-ring (bicyclic) bond motifs is 2. The van der Waals surface area contributed by atoms with Gasteiger partial charge in [0.05, 0.1) is 11.1 Å². The van der Waals surface area contributed by atoms with Crippen molar-refractivity contribution in [3.05, 3.63) is 64.2 Å². The first-order valence-corrected chi connectivity index (χ1v) is 9.80. The minimum absolute atomic E-state index is 0.273. The Labute approximate surface area is 165 Å². The van der Waals surface area contributed by atoms with E-state index in [1.54, 1.807) is 11.1 Å². The van der Waals surface area contributed by atoms with Gasteiger partial charge in [0, 0.05) is 18.3 Å². The van der Waals surface area contributed by atoms with Gasteiger partial charge in [0.2, 0.25) is 0 Å². The lowest BCUT2D eigenvalue weighted by molar-refractivity contribution is 0.0879. The Kier molecular flexibility index (Phi) is 6.24. The molecule has 5 nitrogen and oxygen atoms in total. The van der Waals surface area contributed by atoms with Crippen LogP contribution in [0.5, 0.6) is 0 Å². The van der Waals surface area contributed by atoms with Crippen molar-refractivity contribution in [1.82, 2.24) is 5.32 Å². The monoisotopic (exact) mass is 378 g/mol. The molecule has 5 heteroatoms. The number of benzene rings is 2. The van der Waals surface area contributed by atoms with Gasteiger partial charge in [0.1, 0.15) is 6.29 Å². The number of amides is 2. The van der Waals surface area contributed by atoms with Crippen LogP contribution in [-0.2, 0) is 12.8 Å². The summed E-state index contributed by atoms with van der Waals surface area (Å²) in [6, 6.07) is 11.2. The third kappa shape index (κ3) is 4.30. The molecule has 1 atom stereocenters. The fraction of sp³-hybridized carbons (Fsp3) is 0.348. The van der Waals surface area contributed by atoms with E-state index in [0.717, 1.165) is 5.92 Å². The molecule has 1 heterocycles. The highest BCUT2D eigenvalue weighted by Gasteiger charge is 2.26. The number of hydrogen-bond donors (Lipinski definition) is 2. The number of anilines is 1. The molecule has 146 valence electrons. The number of aryl methyl sites for hydroxylation is 1. The number of nitrogens with one attached hydrogen (secondary N) is 2. The van der Waals surface area contributed by atoms with Crippen LogP contribution in [0, 0.1) is 5.92 Å². The summed E-state index contributed by atoms with van der Waals surface area (Å²) in [6.07, 6.45) is 7.31. The van der Waals surface area contributed by atoms with Crippen LogP contribution in [0.3, 0.4) is 0 Å². The van der Waals surface area contributed by atoms with Crippen LogP contribution in [0.15, 0.2) is 36.4 Å². The first kappa shape index (κ1) is 19.8. The van der Waals surface area contributed by atoms with Crippen LogP contribution in [-0.4, -0.2) is 25.1 Å². The first-order valence-electron chi connectivity index (χ1n) is 9.80. The van der Waals surface area contributed by atoms with E-state index >= 15 is 0 Å². The van der Waals surface area contributed by atoms with Crippen molar-refractivity contribution < 1.29 is 14.4 Å². The minimum atomic E-state index is -0.441. The molecule has 1 unspecified atom stereocenters. The van der Waals surface area contributed by atoms with Crippen molar-refractivity contribution in [3.8, 4) is 0 Å². The van der Waals surface area contributed by atoms with Crippen LogP contribution < -0.4 is 10.6 Å². The molecule has 4 rings (SSSR count). The molecule has 0 aromatic heterocycles. The van der Waals surface area contributed by atoms with E-state index in [4.69, 9.17) is 0 Å². The summed E-state index contributed by atoms with van der Waals surface area (Å²) in [5.41, 5.74) is 5.39. The van der Waals surface area contributed by atoms with Crippen molar-refractivity contribution >= 4 is 23.8 Å². The molecule has 2 aromatic carbocycles. The Hall–Kier alpha value is -2.95. The molecule has 0 fully saturated rings. The Morgan fingerprint density at radius 1 is 1.07 bits per heavy atom. The second kappa shape index (κ2) is 8.83. The quantitative estimate of drug-likeness (QED) is 0.622. The average Bonchev–Trinajstić information content (AvgIpc) is 3.01. The molecular weight excluding hydrogens is 352 g/mol. The number of carbonyl (C=O) groups is 3. The lowest BCUT2D eigenvalue weighted by atomic mass is 9.81. The molecule has 2 aliphatic rings. The summed E-state index contributed by atoms with van der Waals surface area (Å²) in [4.78, 5) is 32.5. The van der Waals surface area contributed by atoms with Crippen molar-refractivity contribution in [2.45, 2.75) is 39.0 Å². The van der Waals surface area contributed by atoms with Crippen LogP contribution >= 0.6 is 0 Å². The Balaban J connectivity index is 0.000000162. The van der Waals surface area contributed by atoms with E-state index in [-0.39, 0.29) is 5.56 Å². The Bertz CT molecular complexity index is 905. The van der Waals surface area contributed by atoms with E-state index in [1.165, 1.54) is 56.0 Å². The van der Waals surface area contributed by atoms with Gasteiger partial charge in [-0.1, -0.05) is 31.9 Å². The molecule has 2 amide bonds. The molecule has 1 aliphatic carbocycles. The second-order valence-electron chi connectivity index (χ2n) is 7.34. The molecular formula is C23H26N2O3. The zero-order valence-corrected chi connectivity index (χ0v) is 16.4. The second-order valence-corrected chi connectivity index (χ2v) is 7.34. The maximum atomic E-state index is 11.1. The third-order valence-corrected chi connectivity index (χ3v) is 5.42. The summed E-state index contributed by atoms with van der Waals surface area (Å²) < 4.78 is 0. The number of carbonyl (C=O) groups excluding carboxylic acids is 3. The highest BCUT2D eigenvalue weighted by Crippen LogP contribution is 2.29. The normalized spacial score (nSPS) is 17.0. The Morgan fingerprint density at radius 2 is 1.86 bits per heavy atom. The van der Waals surface area contributed by atoms with Gasteiger partial charge in [-0.2, -0.15) is 0 Å². The van der Waals surface area contributed by atoms with Crippen molar-refractivity contribution in [2.75, 3.05) is 12.4 Å². The van der Waals surface area contributed by atoms with Gasteiger partial charge in [-0.15, -0.1) is 0 Å². The predicted molar refractivity (Wildman–Crippen MR) is 110 cm³/mol.